The van der Waals surface area contributed by atoms with Crippen LogP contribution >= 0.6 is 0 Å². The first-order chi connectivity index (χ1) is 14.9. The van der Waals surface area contributed by atoms with Gasteiger partial charge in [0.05, 0.1) is 25.9 Å². The van der Waals surface area contributed by atoms with Crippen molar-refractivity contribution in [2.24, 2.45) is 0 Å². The van der Waals surface area contributed by atoms with Crippen molar-refractivity contribution in [1.82, 2.24) is 9.80 Å². The summed E-state index contributed by atoms with van der Waals surface area (Å²) in [5.74, 6) is -0.272. The van der Waals surface area contributed by atoms with Gasteiger partial charge in [-0.3, -0.25) is 14.6 Å². The number of anilines is 1. The molecule has 1 atom stereocenters. The molecule has 3 rings (SSSR count). The molecule has 1 unspecified atom stereocenters. The Morgan fingerprint density at radius 2 is 1.71 bits per heavy atom. The first-order valence-electron chi connectivity index (χ1n) is 10.7. The summed E-state index contributed by atoms with van der Waals surface area (Å²) >= 11 is 0. The van der Waals surface area contributed by atoms with Crippen LogP contribution in [0.25, 0.3) is 0 Å². The van der Waals surface area contributed by atoms with Gasteiger partial charge in [-0.2, -0.15) is 0 Å². The largest absolute Gasteiger partial charge is 0.389 e. The number of amides is 1. The number of aryl methyl sites for hydroxylation is 2. The van der Waals surface area contributed by atoms with Gasteiger partial charge in [-0.15, -0.1) is 0 Å². The molecule has 6 nitrogen and oxygen atoms in total. The third-order valence-corrected chi connectivity index (χ3v) is 5.54. The summed E-state index contributed by atoms with van der Waals surface area (Å²) in [4.78, 5) is 16.8. The van der Waals surface area contributed by atoms with Crippen LogP contribution < -0.4 is 5.32 Å². The fraction of sp³-hybridized carbons (Fsp3) is 0.458. The summed E-state index contributed by atoms with van der Waals surface area (Å²) < 4.78 is 18.5. The molecule has 1 fully saturated rings. The zero-order chi connectivity index (χ0) is 22.2. The standard InChI is InChI=1S/C24H32FN3O3.H2/c1-18-4-3-5-19(2)24(18)26-23(30)15-28-12-10-27(11-13-28)14-22(29)17-31-16-20-6-8-21(25)9-7-20;/h3-9,22,29H,10-17H2,1-2H3,(H,26,30);1H. The second kappa shape index (κ2) is 11.3. The summed E-state index contributed by atoms with van der Waals surface area (Å²) in [6.45, 7) is 8.63. The van der Waals surface area contributed by atoms with Crippen molar-refractivity contribution >= 4 is 11.6 Å². The Hall–Kier alpha value is -2.32. The van der Waals surface area contributed by atoms with Crippen molar-refractivity contribution in [3.8, 4) is 0 Å². The number of carbonyl (C=O) groups is 1. The van der Waals surface area contributed by atoms with Gasteiger partial charge in [-0.25, -0.2) is 4.39 Å². The second-order valence-corrected chi connectivity index (χ2v) is 8.19. The van der Waals surface area contributed by atoms with Gasteiger partial charge in [-0.05, 0) is 42.7 Å². The smallest absolute Gasteiger partial charge is 0.238 e. The second-order valence-electron chi connectivity index (χ2n) is 8.19. The number of carbonyl (C=O) groups excluding carboxylic acids is 1. The van der Waals surface area contributed by atoms with E-state index in [4.69, 9.17) is 4.74 Å². The lowest BCUT2D eigenvalue weighted by atomic mass is 10.1. The first kappa shape index (κ1) is 23.3. The molecule has 170 valence electrons. The predicted molar refractivity (Wildman–Crippen MR) is 122 cm³/mol. The van der Waals surface area contributed by atoms with Crippen molar-refractivity contribution in [2.75, 3.05) is 51.2 Å². The van der Waals surface area contributed by atoms with Crippen LogP contribution in [0.5, 0.6) is 0 Å². The zero-order valence-electron chi connectivity index (χ0n) is 18.3. The molecule has 1 amide bonds. The minimum Gasteiger partial charge on any atom is -0.389 e. The van der Waals surface area contributed by atoms with Crippen LogP contribution in [-0.2, 0) is 16.1 Å². The summed E-state index contributed by atoms with van der Waals surface area (Å²) in [5.41, 5.74) is 3.90. The maximum atomic E-state index is 12.9. The number of piperazine rings is 1. The SMILES string of the molecule is Cc1cccc(C)c1NC(=O)CN1CCN(CC(O)COCc2ccc(F)cc2)CC1.[HH]. The van der Waals surface area contributed by atoms with E-state index in [9.17, 15) is 14.3 Å². The molecule has 2 aromatic rings. The molecule has 1 saturated heterocycles. The fourth-order valence-corrected chi connectivity index (χ4v) is 3.77. The van der Waals surface area contributed by atoms with Gasteiger partial charge < -0.3 is 15.2 Å². The Balaban J connectivity index is 0.00000363. The Bertz CT molecular complexity index is 838. The highest BCUT2D eigenvalue weighted by atomic mass is 19.1. The van der Waals surface area contributed by atoms with E-state index in [1.54, 1.807) is 12.1 Å². The molecule has 31 heavy (non-hydrogen) atoms. The number of β-amino-alcohol motifs (C(OH)–C–C–N with tert-alkyl or cyclic N) is 1. The molecule has 1 aliphatic rings. The third-order valence-electron chi connectivity index (χ3n) is 5.54. The van der Waals surface area contributed by atoms with E-state index in [2.05, 4.69) is 15.1 Å². The number of nitrogens with zero attached hydrogens (tertiary/aromatic N) is 2. The average molecular weight is 432 g/mol. The molecule has 0 aromatic heterocycles. The normalized spacial score (nSPS) is 16.3. The van der Waals surface area contributed by atoms with Crippen LogP contribution in [0.2, 0.25) is 0 Å². The minimum atomic E-state index is -0.584. The molecule has 1 heterocycles. The molecule has 2 N–H and O–H groups in total. The number of para-hydroxylation sites is 1. The molecule has 0 spiro atoms. The minimum absolute atomic E-state index is 0. The van der Waals surface area contributed by atoms with Crippen LogP contribution in [0, 0.1) is 19.7 Å². The van der Waals surface area contributed by atoms with E-state index < -0.39 is 6.10 Å². The van der Waals surface area contributed by atoms with Gasteiger partial charge in [-0.1, -0.05) is 30.3 Å². The van der Waals surface area contributed by atoms with E-state index in [0.717, 1.165) is 48.6 Å². The molecule has 2 aromatic carbocycles. The molecular weight excluding hydrogens is 397 g/mol. The van der Waals surface area contributed by atoms with Gasteiger partial charge in [0.1, 0.15) is 5.82 Å². The van der Waals surface area contributed by atoms with Crippen LogP contribution in [0.15, 0.2) is 42.5 Å². The van der Waals surface area contributed by atoms with Crippen molar-refractivity contribution < 1.29 is 20.5 Å². The Kier molecular flexibility index (Phi) is 8.54. The fourth-order valence-electron chi connectivity index (χ4n) is 3.77. The van der Waals surface area contributed by atoms with Crippen molar-refractivity contribution in [1.29, 1.82) is 0 Å². The average Bonchev–Trinajstić information content (AvgIpc) is 2.74. The first-order valence-corrected chi connectivity index (χ1v) is 10.7. The lowest BCUT2D eigenvalue weighted by Gasteiger charge is -2.35. The zero-order valence-corrected chi connectivity index (χ0v) is 18.3. The molecular formula is C24H34FN3O3. The number of hydrogen-bond acceptors (Lipinski definition) is 5. The highest BCUT2D eigenvalue weighted by Gasteiger charge is 2.21. The molecule has 7 heteroatoms. The summed E-state index contributed by atoms with van der Waals surface area (Å²) in [6, 6.07) is 12.1. The van der Waals surface area contributed by atoms with Crippen molar-refractivity contribution in [3.63, 3.8) is 0 Å². The van der Waals surface area contributed by atoms with E-state index in [-0.39, 0.29) is 19.8 Å². The van der Waals surface area contributed by atoms with Crippen molar-refractivity contribution in [3.05, 3.63) is 65.0 Å². The van der Waals surface area contributed by atoms with Crippen LogP contribution in [-0.4, -0.2) is 72.8 Å². The van der Waals surface area contributed by atoms with Gasteiger partial charge in [0.2, 0.25) is 5.91 Å². The monoisotopic (exact) mass is 431 g/mol. The van der Waals surface area contributed by atoms with E-state index in [0.29, 0.717) is 19.7 Å². The molecule has 0 radical (unpaired) electrons. The molecule has 0 aliphatic carbocycles. The highest BCUT2D eigenvalue weighted by Crippen LogP contribution is 2.19. The van der Waals surface area contributed by atoms with Gasteiger partial charge in [0.15, 0.2) is 0 Å². The lowest BCUT2D eigenvalue weighted by Crippen LogP contribution is -2.50. The van der Waals surface area contributed by atoms with Crippen LogP contribution in [0.4, 0.5) is 10.1 Å². The molecule has 0 bridgehead atoms. The van der Waals surface area contributed by atoms with Crippen LogP contribution in [0.3, 0.4) is 0 Å². The van der Waals surface area contributed by atoms with Gasteiger partial charge in [0.25, 0.3) is 0 Å². The van der Waals surface area contributed by atoms with E-state index in [1.165, 1.54) is 12.1 Å². The number of halogens is 1. The number of aliphatic hydroxyl groups is 1. The Morgan fingerprint density at radius 1 is 1.10 bits per heavy atom. The number of benzene rings is 2. The number of ether oxygens (including phenoxy) is 1. The molecule has 0 saturated carbocycles. The third kappa shape index (κ3) is 7.40. The molecule has 1 aliphatic heterocycles. The Morgan fingerprint density at radius 3 is 2.35 bits per heavy atom. The summed E-state index contributed by atoms with van der Waals surface area (Å²) in [6.07, 6.45) is -0.584. The summed E-state index contributed by atoms with van der Waals surface area (Å²) in [7, 11) is 0. The van der Waals surface area contributed by atoms with E-state index >= 15 is 0 Å². The Labute approximate surface area is 185 Å². The number of rotatable bonds is 9. The van der Waals surface area contributed by atoms with Gasteiger partial charge >= 0.3 is 0 Å². The highest BCUT2D eigenvalue weighted by molar-refractivity contribution is 5.93. The number of hydrogen-bond donors (Lipinski definition) is 2. The van der Waals surface area contributed by atoms with E-state index in [1.807, 2.05) is 32.0 Å². The maximum absolute atomic E-state index is 12.9. The van der Waals surface area contributed by atoms with Crippen LogP contribution in [0.1, 0.15) is 18.1 Å². The van der Waals surface area contributed by atoms with Crippen molar-refractivity contribution in [2.45, 2.75) is 26.6 Å². The van der Waals surface area contributed by atoms with Gasteiger partial charge in [0, 0.05) is 39.8 Å². The number of aliphatic hydroxyl groups excluding tert-OH is 1. The topological polar surface area (TPSA) is 65.0 Å². The predicted octanol–water partition coefficient (Wildman–Crippen LogP) is 2.82. The lowest BCUT2D eigenvalue weighted by molar-refractivity contribution is -0.117. The quantitative estimate of drug-likeness (QED) is 0.639. The maximum Gasteiger partial charge on any atom is 0.238 e. The number of nitrogens with one attached hydrogen (secondary N) is 1. The summed E-state index contributed by atoms with van der Waals surface area (Å²) in [5, 5.41) is 13.3.